The molecular formula is C20H19ClF3N3O2. The maximum atomic E-state index is 13.9. The Bertz CT molecular complexity index is 947. The second-order valence-electron chi connectivity index (χ2n) is 6.64. The predicted molar refractivity (Wildman–Crippen MR) is 102 cm³/mol. The van der Waals surface area contributed by atoms with Gasteiger partial charge in [0.15, 0.2) is 0 Å². The number of hydrogen-bond acceptors (Lipinski definition) is 4. The number of alkyl halides is 3. The van der Waals surface area contributed by atoms with E-state index in [0.29, 0.717) is 17.2 Å². The highest BCUT2D eigenvalue weighted by Gasteiger charge is 2.41. The van der Waals surface area contributed by atoms with Gasteiger partial charge in [-0.2, -0.15) is 18.3 Å². The lowest BCUT2D eigenvalue weighted by atomic mass is 9.85. The van der Waals surface area contributed by atoms with Crippen molar-refractivity contribution in [1.29, 1.82) is 0 Å². The number of halogens is 4. The molecule has 1 aromatic heterocycles. The summed E-state index contributed by atoms with van der Waals surface area (Å²) in [6.45, 7) is 1.64. The van der Waals surface area contributed by atoms with Crippen molar-refractivity contribution in [1.82, 2.24) is 14.8 Å². The number of benzene rings is 2. The molecule has 1 heterocycles. The second kappa shape index (κ2) is 8.42. The van der Waals surface area contributed by atoms with Gasteiger partial charge in [-0.3, -0.25) is 0 Å². The first-order chi connectivity index (χ1) is 13.7. The summed E-state index contributed by atoms with van der Waals surface area (Å²) in [5.41, 5.74) is -2.96. The first kappa shape index (κ1) is 21.1. The van der Waals surface area contributed by atoms with E-state index in [0.717, 1.165) is 6.07 Å². The Kier molecular flexibility index (Phi) is 6.14. The van der Waals surface area contributed by atoms with E-state index in [1.807, 2.05) is 0 Å². The first-order valence-corrected chi connectivity index (χ1v) is 9.29. The van der Waals surface area contributed by atoms with Crippen LogP contribution < -0.4 is 4.74 Å². The Morgan fingerprint density at radius 1 is 1.07 bits per heavy atom. The lowest BCUT2D eigenvalue weighted by Gasteiger charge is -2.31. The van der Waals surface area contributed by atoms with E-state index in [4.69, 9.17) is 16.3 Å². The lowest BCUT2D eigenvalue weighted by Crippen LogP contribution is -2.34. The maximum absolute atomic E-state index is 13.9. The van der Waals surface area contributed by atoms with Crippen LogP contribution in [0.3, 0.4) is 0 Å². The molecule has 0 aliphatic carbocycles. The van der Waals surface area contributed by atoms with Crippen LogP contribution >= 0.6 is 11.6 Å². The molecule has 0 aliphatic heterocycles. The van der Waals surface area contributed by atoms with Crippen LogP contribution in [0.5, 0.6) is 11.5 Å². The Balaban J connectivity index is 2.01. The largest absolute Gasteiger partial charge is 0.457 e. The molecule has 1 unspecified atom stereocenters. The van der Waals surface area contributed by atoms with Gasteiger partial charge in [0.1, 0.15) is 29.8 Å². The van der Waals surface area contributed by atoms with Crippen molar-refractivity contribution in [3.8, 4) is 11.5 Å². The van der Waals surface area contributed by atoms with Crippen LogP contribution in [0.15, 0.2) is 55.1 Å². The van der Waals surface area contributed by atoms with Crippen LogP contribution in [0.25, 0.3) is 0 Å². The van der Waals surface area contributed by atoms with Crippen molar-refractivity contribution in [2.75, 3.05) is 0 Å². The fourth-order valence-electron chi connectivity index (χ4n) is 3.16. The zero-order chi connectivity index (χ0) is 21.1. The summed E-state index contributed by atoms with van der Waals surface area (Å²) in [6.07, 6.45) is -1.47. The fraction of sp³-hybridized carbons (Fsp3) is 0.300. The molecule has 0 saturated heterocycles. The fourth-order valence-corrected chi connectivity index (χ4v) is 3.29. The smallest absolute Gasteiger partial charge is 0.416 e. The standard InChI is InChI=1S/C20H19ClF3N3O2/c1-2-9-19(28,11-27-13-25-12-26-27)17-8-7-16(10-18(17)20(22,23)24)29-15-5-3-14(21)4-6-15/h3-8,10,12-13,28H,2,9,11H2,1H3. The normalized spacial score (nSPS) is 13.9. The summed E-state index contributed by atoms with van der Waals surface area (Å²) in [4.78, 5) is 3.79. The average Bonchev–Trinajstić information content (AvgIpc) is 3.16. The molecule has 154 valence electrons. The summed E-state index contributed by atoms with van der Waals surface area (Å²) in [7, 11) is 0. The van der Waals surface area contributed by atoms with E-state index in [1.54, 1.807) is 31.2 Å². The molecule has 29 heavy (non-hydrogen) atoms. The van der Waals surface area contributed by atoms with Gasteiger partial charge in [-0.05, 0) is 48.4 Å². The minimum atomic E-state index is -4.68. The van der Waals surface area contributed by atoms with E-state index >= 15 is 0 Å². The number of hydrogen-bond donors (Lipinski definition) is 1. The minimum absolute atomic E-state index is 0.00278. The van der Waals surface area contributed by atoms with E-state index in [-0.39, 0.29) is 24.3 Å². The van der Waals surface area contributed by atoms with Gasteiger partial charge in [0.2, 0.25) is 0 Å². The third-order valence-corrected chi connectivity index (χ3v) is 4.65. The van der Waals surface area contributed by atoms with E-state index in [1.165, 1.54) is 29.5 Å². The van der Waals surface area contributed by atoms with Crippen molar-refractivity contribution in [3.05, 3.63) is 71.3 Å². The molecule has 0 fully saturated rings. The summed E-state index contributed by atoms with van der Waals surface area (Å²) >= 11 is 5.82. The molecule has 1 atom stereocenters. The Morgan fingerprint density at radius 3 is 2.34 bits per heavy atom. The molecule has 0 saturated carbocycles. The highest BCUT2D eigenvalue weighted by molar-refractivity contribution is 6.30. The topological polar surface area (TPSA) is 60.2 Å². The molecule has 3 aromatic rings. The number of aromatic nitrogens is 3. The zero-order valence-corrected chi connectivity index (χ0v) is 16.3. The summed E-state index contributed by atoms with van der Waals surface area (Å²) in [5.74, 6) is 0.352. The Morgan fingerprint density at radius 2 is 1.76 bits per heavy atom. The van der Waals surface area contributed by atoms with Gasteiger partial charge in [0.25, 0.3) is 0 Å². The van der Waals surface area contributed by atoms with Crippen molar-refractivity contribution in [2.45, 2.75) is 38.1 Å². The molecule has 0 spiro atoms. The van der Waals surface area contributed by atoms with Crippen molar-refractivity contribution >= 4 is 11.6 Å². The van der Waals surface area contributed by atoms with Gasteiger partial charge in [-0.15, -0.1) is 0 Å². The molecule has 0 amide bonds. The third kappa shape index (κ3) is 5.07. The van der Waals surface area contributed by atoms with Crippen LogP contribution in [-0.2, 0) is 18.3 Å². The van der Waals surface area contributed by atoms with Crippen LogP contribution in [0.1, 0.15) is 30.9 Å². The van der Waals surface area contributed by atoms with Gasteiger partial charge in [0, 0.05) is 5.02 Å². The van der Waals surface area contributed by atoms with Gasteiger partial charge in [-0.1, -0.05) is 31.0 Å². The number of nitrogens with zero attached hydrogens (tertiary/aromatic N) is 3. The zero-order valence-electron chi connectivity index (χ0n) is 15.5. The van der Waals surface area contributed by atoms with Gasteiger partial charge in [0.05, 0.1) is 12.1 Å². The first-order valence-electron chi connectivity index (χ1n) is 8.91. The van der Waals surface area contributed by atoms with Crippen LogP contribution in [0.2, 0.25) is 5.02 Å². The van der Waals surface area contributed by atoms with Gasteiger partial charge >= 0.3 is 6.18 Å². The number of aliphatic hydroxyl groups is 1. The summed E-state index contributed by atoms with van der Waals surface area (Å²) < 4.78 is 48.4. The molecule has 5 nitrogen and oxygen atoms in total. The molecule has 2 aromatic carbocycles. The second-order valence-corrected chi connectivity index (χ2v) is 7.07. The van der Waals surface area contributed by atoms with Crippen molar-refractivity contribution in [2.24, 2.45) is 0 Å². The minimum Gasteiger partial charge on any atom is -0.457 e. The Labute approximate surface area is 170 Å². The van der Waals surface area contributed by atoms with Gasteiger partial charge < -0.3 is 9.84 Å². The van der Waals surface area contributed by atoms with Crippen molar-refractivity contribution in [3.63, 3.8) is 0 Å². The van der Waals surface area contributed by atoms with Crippen LogP contribution in [-0.4, -0.2) is 19.9 Å². The van der Waals surface area contributed by atoms with Crippen LogP contribution in [0, 0.1) is 0 Å². The molecular weight excluding hydrogens is 407 g/mol. The number of rotatable bonds is 7. The maximum Gasteiger partial charge on any atom is 0.416 e. The molecule has 3 rings (SSSR count). The molecule has 0 radical (unpaired) electrons. The van der Waals surface area contributed by atoms with E-state index in [2.05, 4.69) is 10.1 Å². The lowest BCUT2D eigenvalue weighted by molar-refractivity contribution is -0.141. The molecule has 9 heteroatoms. The van der Waals surface area contributed by atoms with Crippen LogP contribution in [0.4, 0.5) is 13.2 Å². The quantitative estimate of drug-likeness (QED) is 0.548. The monoisotopic (exact) mass is 425 g/mol. The highest BCUT2D eigenvalue weighted by atomic mass is 35.5. The predicted octanol–water partition coefficient (Wildman–Crippen LogP) is 5.43. The van der Waals surface area contributed by atoms with E-state index in [9.17, 15) is 18.3 Å². The highest BCUT2D eigenvalue weighted by Crippen LogP contribution is 2.41. The average molecular weight is 426 g/mol. The molecule has 1 N–H and O–H groups in total. The SMILES string of the molecule is CCCC(O)(Cn1cncn1)c1ccc(Oc2ccc(Cl)cc2)cc1C(F)(F)F. The summed E-state index contributed by atoms with van der Waals surface area (Å²) in [5, 5.41) is 15.6. The molecule has 0 aliphatic rings. The third-order valence-electron chi connectivity index (χ3n) is 4.40. The van der Waals surface area contributed by atoms with Crippen molar-refractivity contribution < 1.29 is 23.0 Å². The number of ether oxygens (including phenoxy) is 1. The summed E-state index contributed by atoms with van der Waals surface area (Å²) in [6, 6.07) is 9.82. The Hall–Kier alpha value is -2.58. The van der Waals surface area contributed by atoms with Gasteiger partial charge in [-0.25, -0.2) is 9.67 Å². The molecule has 0 bridgehead atoms. The van der Waals surface area contributed by atoms with E-state index < -0.39 is 17.3 Å².